The van der Waals surface area contributed by atoms with Crippen LogP contribution >= 0.6 is 0 Å². The van der Waals surface area contributed by atoms with Crippen molar-refractivity contribution in [2.24, 2.45) is 5.41 Å². The smallest absolute Gasteiger partial charge is 0.417 e. The Hall–Kier alpha value is -2.33. The van der Waals surface area contributed by atoms with Gasteiger partial charge in [0.15, 0.2) is 5.41 Å². The van der Waals surface area contributed by atoms with Crippen LogP contribution in [0.4, 0.5) is 26.3 Å². The summed E-state index contributed by atoms with van der Waals surface area (Å²) in [6.07, 6.45) is -10.2. The molecule has 5 nitrogen and oxygen atoms in total. The Morgan fingerprint density at radius 1 is 1.17 bits per heavy atom. The van der Waals surface area contributed by atoms with Gasteiger partial charge in [0.1, 0.15) is 5.69 Å². The summed E-state index contributed by atoms with van der Waals surface area (Å²) in [5.74, 6) is -3.17. The van der Waals surface area contributed by atoms with Crippen molar-refractivity contribution < 1.29 is 41.0 Å². The lowest BCUT2D eigenvalue weighted by Gasteiger charge is -2.27. The number of carbonyl (C=O) groups excluding carboxylic acids is 1. The van der Waals surface area contributed by atoms with E-state index in [1.54, 1.807) is 0 Å². The minimum absolute atomic E-state index is 0.386. The number of carbonyl (C=O) groups is 2. The zero-order chi connectivity index (χ0) is 18.3. The van der Waals surface area contributed by atoms with Gasteiger partial charge in [-0.3, -0.25) is 14.6 Å². The average Bonchev–Trinajstić information content (AvgIpc) is 2.92. The third-order valence-electron chi connectivity index (χ3n) is 3.82. The summed E-state index contributed by atoms with van der Waals surface area (Å²) in [5, 5.41) is 8.90. The number of rotatable bonds is 2. The fraction of sp³-hybridized carbons (Fsp3) is 0.462. The van der Waals surface area contributed by atoms with Crippen molar-refractivity contribution in [1.82, 2.24) is 9.88 Å². The van der Waals surface area contributed by atoms with Gasteiger partial charge in [-0.2, -0.15) is 26.3 Å². The molecule has 1 saturated heterocycles. The second-order valence-electron chi connectivity index (χ2n) is 5.29. The van der Waals surface area contributed by atoms with E-state index in [1.807, 2.05) is 0 Å². The largest absolute Gasteiger partial charge is 0.481 e. The lowest BCUT2D eigenvalue weighted by Crippen LogP contribution is -2.47. The Morgan fingerprint density at radius 2 is 1.79 bits per heavy atom. The second kappa shape index (κ2) is 5.64. The Morgan fingerprint density at radius 3 is 2.17 bits per heavy atom. The number of pyridine rings is 1. The molecule has 0 bridgehead atoms. The van der Waals surface area contributed by atoms with Crippen LogP contribution in [0.3, 0.4) is 0 Å². The summed E-state index contributed by atoms with van der Waals surface area (Å²) in [6.45, 7) is -1.61. The number of likely N-dealkylation sites (tertiary alicyclic amines) is 1. The van der Waals surface area contributed by atoms with Crippen molar-refractivity contribution in [2.45, 2.75) is 18.8 Å². The van der Waals surface area contributed by atoms with Gasteiger partial charge in [-0.15, -0.1) is 0 Å². The van der Waals surface area contributed by atoms with Crippen LogP contribution in [-0.4, -0.2) is 46.1 Å². The maximum atomic E-state index is 13.0. The van der Waals surface area contributed by atoms with Crippen LogP contribution in [0.25, 0.3) is 0 Å². The van der Waals surface area contributed by atoms with Crippen molar-refractivity contribution in [1.29, 1.82) is 0 Å². The summed E-state index contributed by atoms with van der Waals surface area (Å²) in [6, 6.07) is 1.31. The van der Waals surface area contributed by atoms with Crippen LogP contribution in [0, 0.1) is 5.41 Å². The lowest BCUT2D eigenvalue weighted by atomic mass is 9.86. The number of halogens is 6. The number of amides is 1. The number of carboxylic acid groups (broad SMARTS) is 1. The summed E-state index contributed by atoms with van der Waals surface area (Å²) in [4.78, 5) is 27.0. The first-order valence-electron chi connectivity index (χ1n) is 6.51. The van der Waals surface area contributed by atoms with Crippen LogP contribution in [0.15, 0.2) is 18.3 Å². The van der Waals surface area contributed by atoms with Gasteiger partial charge in [0, 0.05) is 19.3 Å². The molecule has 2 heterocycles. The minimum atomic E-state index is -5.07. The van der Waals surface area contributed by atoms with Gasteiger partial charge in [-0.1, -0.05) is 0 Å². The van der Waals surface area contributed by atoms with Crippen molar-refractivity contribution in [3.8, 4) is 0 Å². The topological polar surface area (TPSA) is 70.5 Å². The molecule has 132 valence electrons. The molecule has 2 rings (SSSR count). The van der Waals surface area contributed by atoms with Crippen molar-refractivity contribution in [3.05, 3.63) is 29.6 Å². The molecule has 1 atom stereocenters. The summed E-state index contributed by atoms with van der Waals surface area (Å²) in [5.41, 5.74) is -4.70. The second-order valence-corrected chi connectivity index (χ2v) is 5.29. The Balaban J connectivity index is 2.22. The fourth-order valence-corrected chi connectivity index (χ4v) is 2.36. The lowest BCUT2D eigenvalue weighted by molar-refractivity contribution is -0.227. The highest BCUT2D eigenvalue weighted by Crippen LogP contribution is 2.46. The van der Waals surface area contributed by atoms with Crippen molar-refractivity contribution in [3.63, 3.8) is 0 Å². The normalized spacial score (nSPS) is 21.8. The predicted molar refractivity (Wildman–Crippen MR) is 65.9 cm³/mol. The van der Waals surface area contributed by atoms with Gasteiger partial charge >= 0.3 is 18.3 Å². The number of nitrogens with zero attached hydrogens (tertiary/aromatic N) is 2. The van der Waals surface area contributed by atoms with Crippen molar-refractivity contribution >= 4 is 11.9 Å². The highest BCUT2D eigenvalue weighted by atomic mass is 19.4. The molecule has 1 aromatic rings. The van der Waals surface area contributed by atoms with Gasteiger partial charge in [-0.25, -0.2) is 0 Å². The zero-order valence-corrected chi connectivity index (χ0v) is 11.8. The first-order chi connectivity index (χ1) is 10.9. The van der Waals surface area contributed by atoms with Gasteiger partial charge in [0.05, 0.1) is 5.56 Å². The SMILES string of the molecule is O=C(c1ccc(C(F)(F)F)cn1)N1CCC(C(=O)O)(C(F)(F)F)C1. The van der Waals surface area contributed by atoms with Crippen LogP contribution in [0.2, 0.25) is 0 Å². The van der Waals surface area contributed by atoms with E-state index in [1.165, 1.54) is 0 Å². The van der Waals surface area contributed by atoms with E-state index < -0.39 is 60.4 Å². The van der Waals surface area contributed by atoms with Crippen LogP contribution in [-0.2, 0) is 11.0 Å². The quantitative estimate of drug-likeness (QED) is 0.827. The number of alkyl halides is 6. The molecule has 0 spiro atoms. The third-order valence-corrected chi connectivity index (χ3v) is 3.82. The summed E-state index contributed by atoms with van der Waals surface area (Å²) >= 11 is 0. The van der Waals surface area contributed by atoms with Gasteiger partial charge in [0.2, 0.25) is 0 Å². The monoisotopic (exact) mass is 356 g/mol. The zero-order valence-electron chi connectivity index (χ0n) is 11.8. The molecule has 1 aromatic heterocycles. The molecule has 0 aromatic carbocycles. The Kier molecular flexibility index (Phi) is 4.23. The fourth-order valence-electron chi connectivity index (χ4n) is 2.36. The number of aliphatic carboxylic acids is 1. The molecule has 1 aliphatic rings. The van der Waals surface area contributed by atoms with Gasteiger partial charge in [0.25, 0.3) is 5.91 Å². The molecular weight excluding hydrogens is 346 g/mol. The highest BCUT2D eigenvalue weighted by molar-refractivity contribution is 5.93. The van der Waals surface area contributed by atoms with Crippen molar-refractivity contribution in [2.75, 3.05) is 13.1 Å². The summed E-state index contributed by atoms with van der Waals surface area (Å²) in [7, 11) is 0. The maximum Gasteiger partial charge on any atom is 0.417 e. The Bertz CT molecular complexity index is 655. The van der Waals surface area contributed by atoms with Gasteiger partial charge < -0.3 is 10.0 Å². The molecule has 0 radical (unpaired) electrons. The first kappa shape index (κ1) is 18.0. The van der Waals surface area contributed by atoms with E-state index in [0.717, 1.165) is 6.07 Å². The van der Waals surface area contributed by atoms with E-state index in [0.29, 0.717) is 17.2 Å². The predicted octanol–water partition coefficient (Wildman–Crippen LogP) is 2.58. The minimum Gasteiger partial charge on any atom is -0.481 e. The molecule has 24 heavy (non-hydrogen) atoms. The Labute approximate surface area is 130 Å². The number of carboxylic acids is 1. The number of aromatic nitrogens is 1. The molecule has 1 unspecified atom stereocenters. The molecule has 0 saturated carbocycles. The number of hydrogen-bond donors (Lipinski definition) is 1. The third kappa shape index (κ3) is 3.02. The maximum absolute atomic E-state index is 13.0. The molecule has 1 N–H and O–H groups in total. The molecule has 1 fully saturated rings. The van der Waals surface area contributed by atoms with Crippen LogP contribution < -0.4 is 0 Å². The van der Waals surface area contributed by atoms with E-state index in [9.17, 15) is 35.9 Å². The molecule has 11 heteroatoms. The highest BCUT2D eigenvalue weighted by Gasteiger charge is 2.64. The van der Waals surface area contributed by atoms with E-state index >= 15 is 0 Å². The first-order valence-corrected chi connectivity index (χ1v) is 6.51. The standard InChI is InChI=1S/C13H10F6N2O3/c14-12(15,16)7-1-2-8(20-5-7)9(22)21-4-3-11(6-21,10(23)24)13(17,18)19/h1-2,5H,3-4,6H2,(H,23,24). The van der Waals surface area contributed by atoms with E-state index in [2.05, 4.69) is 4.98 Å². The van der Waals surface area contributed by atoms with Crippen LogP contribution in [0.5, 0.6) is 0 Å². The van der Waals surface area contributed by atoms with Gasteiger partial charge in [-0.05, 0) is 18.6 Å². The molecular formula is C13H10F6N2O3. The molecule has 1 amide bonds. The van der Waals surface area contributed by atoms with E-state index in [4.69, 9.17) is 5.11 Å². The van der Waals surface area contributed by atoms with E-state index in [-0.39, 0.29) is 0 Å². The van der Waals surface area contributed by atoms with Crippen LogP contribution in [0.1, 0.15) is 22.5 Å². The summed E-state index contributed by atoms with van der Waals surface area (Å²) < 4.78 is 76.3. The molecule has 0 aliphatic carbocycles. The number of hydrogen-bond acceptors (Lipinski definition) is 3. The molecule has 1 aliphatic heterocycles. The average molecular weight is 356 g/mol.